The van der Waals surface area contributed by atoms with Crippen LogP contribution in [0.5, 0.6) is 0 Å². The molecule has 2 atom stereocenters. The van der Waals surface area contributed by atoms with Gasteiger partial charge in [-0.3, -0.25) is 9.59 Å². The van der Waals surface area contributed by atoms with Crippen LogP contribution in [0.2, 0.25) is 0 Å². The van der Waals surface area contributed by atoms with Crippen LogP contribution in [0, 0.1) is 5.41 Å². The first-order valence-corrected chi connectivity index (χ1v) is 8.04. The highest BCUT2D eigenvalue weighted by molar-refractivity contribution is 5.91. The third-order valence-corrected chi connectivity index (χ3v) is 3.94. The molecule has 2 amide bonds. The lowest BCUT2D eigenvalue weighted by Crippen LogP contribution is -2.59. The second kappa shape index (κ2) is 8.26. The van der Waals surface area contributed by atoms with E-state index in [0.717, 1.165) is 5.56 Å². The Hall–Kier alpha value is -1.92. The van der Waals surface area contributed by atoms with E-state index in [1.807, 2.05) is 39.0 Å². The molecular weight excluding hydrogens is 308 g/mol. The van der Waals surface area contributed by atoms with Crippen LogP contribution < -0.4 is 10.6 Å². The summed E-state index contributed by atoms with van der Waals surface area (Å²) in [5.74, 6) is -0.995. The van der Waals surface area contributed by atoms with Crippen LogP contribution in [-0.4, -0.2) is 47.3 Å². The zero-order valence-electron chi connectivity index (χ0n) is 14.8. The van der Waals surface area contributed by atoms with Crippen LogP contribution >= 0.6 is 0 Å². The number of hydrogen-bond acceptors (Lipinski definition) is 4. The molecule has 6 nitrogen and oxygen atoms in total. The van der Waals surface area contributed by atoms with E-state index >= 15 is 0 Å². The predicted molar refractivity (Wildman–Crippen MR) is 92.3 cm³/mol. The van der Waals surface area contributed by atoms with Gasteiger partial charge in [0.1, 0.15) is 11.6 Å². The summed E-state index contributed by atoms with van der Waals surface area (Å²) < 4.78 is 0. The molecule has 0 spiro atoms. The van der Waals surface area contributed by atoms with Crippen LogP contribution in [-0.2, 0) is 16.0 Å². The predicted octanol–water partition coefficient (Wildman–Crippen LogP) is 0.620. The van der Waals surface area contributed by atoms with Gasteiger partial charge >= 0.3 is 0 Å². The molecular formula is C18H28N2O4. The van der Waals surface area contributed by atoms with Gasteiger partial charge in [-0.2, -0.15) is 0 Å². The molecule has 0 radical (unpaired) electrons. The van der Waals surface area contributed by atoms with Crippen LogP contribution in [0.3, 0.4) is 0 Å². The van der Waals surface area contributed by atoms with E-state index in [1.54, 1.807) is 12.1 Å². The van der Waals surface area contributed by atoms with Crippen molar-refractivity contribution in [1.82, 2.24) is 10.6 Å². The number of benzene rings is 1. The molecule has 134 valence electrons. The summed E-state index contributed by atoms with van der Waals surface area (Å²) >= 11 is 0. The average Bonchev–Trinajstić information content (AvgIpc) is 2.51. The Bertz CT molecular complexity index is 554. The zero-order chi connectivity index (χ0) is 18.4. The summed E-state index contributed by atoms with van der Waals surface area (Å²) in [4.78, 5) is 24.8. The van der Waals surface area contributed by atoms with E-state index in [2.05, 4.69) is 10.6 Å². The third-order valence-electron chi connectivity index (χ3n) is 3.94. The van der Waals surface area contributed by atoms with Crippen molar-refractivity contribution >= 4 is 11.8 Å². The van der Waals surface area contributed by atoms with Gasteiger partial charge in [0.2, 0.25) is 5.91 Å². The van der Waals surface area contributed by atoms with E-state index in [4.69, 9.17) is 0 Å². The first-order chi connectivity index (χ1) is 11.1. The van der Waals surface area contributed by atoms with Gasteiger partial charge in [-0.25, -0.2) is 0 Å². The van der Waals surface area contributed by atoms with Gasteiger partial charge in [0.15, 0.2) is 0 Å². The Labute approximate surface area is 143 Å². The number of amides is 2. The molecule has 0 heterocycles. The number of carbonyl (C=O) groups excluding carboxylic acids is 2. The Balaban J connectivity index is 3.01. The highest BCUT2D eigenvalue weighted by Gasteiger charge is 2.40. The number of hydrogen-bond donors (Lipinski definition) is 4. The zero-order valence-corrected chi connectivity index (χ0v) is 14.8. The molecule has 0 aliphatic carbocycles. The second-order valence-corrected chi connectivity index (χ2v) is 7.05. The number of likely N-dealkylation sites (N-methyl/N-ethyl adjacent to an activating group) is 1. The molecule has 1 aromatic rings. The molecule has 6 heteroatoms. The molecule has 0 bridgehead atoms. The lowest BCUT2D eigenvalue weighted by molar-refractivity contribution is -0.145. The molecule has 0 fully saturated rings. The highest BCUT2D eigenvalue weighted by atomic mass is 16.3. The van der Waals surface area contributed by atoms with Crippen LogP contribution in [0.25, 0.3) is 0 Å². The van der Waals surface area contributed by atoms with Gasteiger partial charge in [0.05, 0.1) is 0 Å². The fraction of sp³-hybridized carbons (Fsp3) is 0.556. The molecule has 0 saturated carbocycles. The molecule has 0 saturated heterocycles. The number of nitrogens with one attached hydrogen (secondary N) is 2. The number of carbonyl (C=O) groups is 2. The number of aliphatic hydroxyl groups excluding tert-OH is 1. The minimum Gasteiger partial charge on any atom is -0.396 e. The molecule has 0 aromatic heterocycles. The Morgan fingerprint density at radius 1 is 1.17 bits per heavy atom. The fourth-order valence-electron chi connectivity index (χ4n) is 2.49. The fourth-order valence-corrected chi connectivity index (χ4v) is 2.49. The first-order valence-electron chi connectivity index (χ1n) is 8.04. The minimum absolute atomic E-state index is 0.0604. The number of aliphatic hydroxyl groups is 2. The van der Waals surface area contributed by atoms with Crippen LogP contribution in [0.15, 0.2) is 30.3 Å². The van der Waals surface area contributed by atoms with Crippen molar-refractivity contribution in [3.05, 3.63) is 35.9 Å². The molecule has 0 aliphatic rings. The molecule has 0 unspecified atom stereocenters. The third kappa shape index (κ3) is 5.32. The standard InChI is InChI=1S/C18H28N2O4/c1-17(2,3)14(15(22)19-4)20-16(23)18(24,10-11-21)12-13-8-6-5-7-9-13/h5-9,14,21,24H,10-12H2,1-4H3,(H,19,22)(H,20,23)/t14-,18+/m1/s1. The smallest absolute Gasteiger partial charge is 0.253 e. The summed E-state index contributed by atoms with van der Waals surface area (Å²) in [6.45, 7) is 5.15. The average molecular weight is 336 g/mol. The minimum atomic E-state index is -1.78. The quantitative estimate of drug-likeness (QED) is 0.587. The summed E-state index contributed by atoms with van der Waals surface area (Å²) in [5.41, 5.74) is -1.54. The maximum absolute atomic E-state index is 12.7. The van der Waals surface area contributed by atoms with Crippen LogP contribution in [0.4, 0.5) is 0 Å². The molecule has 4 N–H and O–H groups in total. The summed E-state index contributed by atoms with van der Waals surface area (Å²) in [7, 11) is 1.50. The van der Waals surface area contributed by atoms with E-state index in [1.165, 1.54) is 7.05 Å². The summed E-state index contributed by atoms with van der Waals surface area (Å²) in [5, 5.41) is 25.2. The van der Waals surface area contributed by atoms with Crippen molar-refractivity contribution in [3.8, 4) is 0 Å². The molecule has 0 aliphatic heterocycles. The lowest BCUT2D eigenvalue weighted by atomic mass is 9.84. The maximum Gasteiger partial charge on any atom is 0.253 e. The van der Waals surface area contributed by atoms with E-state index < -0.39 is 23.0 Å². The van der Waals surface area contributed by atoms with Gasteiger partial charge in [-0.05, 0) is 11.0 Å². The summed E-state index contributed by atoms with van der Waals surface area (Å²) in [6, 6.07) is 8.28. The van der Waals surface area contributed by atoms with Crippen molar-refractivity contribution in [2.75, 3.05) is 13.7 Å². The highest BCUT2D eigenvalue weighted by Crippen LogP contribution is 2.23. The van der Waals surface area contributed by atoms with Gasteiger partial charge in [0, 0.05) is 26.5 Å². The van der Waals surface area contributed by atoms with Gasteiger partial charge in [-0.1, -0.05) is 51.1 Å². The van der Waals surface area contributed by atoms with Crippen molar-refractivity contribution in [1.29, 1.82) is 0 Å². The topological polar surface area (TPSA) is 98.7 Å². The second-order valence-electron chi connectivity index (χ2n) is 7.05. The Kier molecular flexibility index (Phi) is 6.93. The lowest BCUT2D eigenvalue weighted by Gasteiger charge is -2.34. The monoisotopic (exact) mass is 336 g/mol. The van der Waals surface area contributed by atoms with Crippen molar-refractivity contribution in [3.63, 3.8) is 0 Å². The van der Waals surface area contributed by atoms with Gasteiger partial charge < -0.3 is 20.8 Å². The molecule has 1 aromatic carbocycles. The maximum atomic E-state index is 12.7. The van der Waals surface area contributed by atoms with Crippen molar-refractivity contribution < 1.29 is 19.8 Å². The van der Waals surface area contributed by atoms with Crippen molar-refractivity contribution in [2.24, 2.45) is 5.41 Å². The normalized spacial score (nSPS) is 15.2. The van der Waals surface area contributed by atoms with Gasteiger partial charge in [0.25, 0.3) is 5.91 Å². The van der Waals surface area contributed by atoms with E-state index in [-0.39, 0.29) is 25.4 Å². The largest absolute Gasteiger partial charge is 0.396 e. The van der Waals surface area contributed by atoms with Crippen LogP contribution in [0.1, 0.15) is 32.8 Å². The number of rotatable bonds is 7. The SMILES string of the molecule is CNC(=O)[C@@H](NC(=O)[C@](O)(CCO)Cc1ccccc1)C(C)(C)C. The molecule has 24 heavy (non-hydrogen) atoms. The Morgan fingerprint density at radius 3 is 2.21 bits per heavy atom. The Morgan fingerprint density at radius 2 is 1.75 bits per heavy atom. The van der Waals surface area contributed by atoms with Crippen molar-refractivity contribution in [2.45, 2.75) is 45.3 Å². The van der Waals surface area contributed by atoms with Gasteiger partial charge in [-0.15, -0.1) is 0 Å². The first kappa shape index (κ1) is 20.1. The van der Waals surface area contributed by atoms with E-state index in [9.17, 15) is 19.8 Å². The molecule has 1 rings (SSSR count). The van der Waals surface area contributed by atoms with E-state index in [0.29, 0.717) is 0 Å². The summed E-state index contributed by atoms with van der Waals surface area (Å²) in [6.07, 6.45) is -0.0524.